The molecule has 1 aliphatic carbocycles. The molecular weight excluding hydrogens is 280 g/mol. The molecule has 0 heterocycles. The Kier molecular flexibility index (Phi) is 3.23. The summed E-state index contributed by atoms with van der Waals surface area (Å²) in [6, 6.07) is 25.3. The third-order valence-electron chi connectivity index (χ3n) is 4.24. The predicted octanol–water partition coefficient (Wildman–Crippen LogP) is 4.90. The Bertz CT molecular complexity index is 893. The summed E-state index contributed by atoms with van der Waals surface area (Å²) in [5, 5.41) is 0. The van der Waals surface area contributed by atoms with E-state index in [9.17, 15) is 0 Å². The lowest BCUT2D eigenvalue weighted by atomic mass is 10.1. The second-order valence-electron chi connectivity index (χ2n) is 5.97. The molecule has 2 heteroatoms. The quantitative estimate of drug-likeness (QED) is 0.514. The second kappa shape index (κ2) is 5.40. The van der Waals surface area contributed by atoms with Crippen LogP contribution in [0.25, 0.3) is 11.1 Å². The molecule has 0 saturated heterocycles. The highest BCUT2D eigenvalue weighted by Gasteiger charge is 2.25. The van der Waals surface area contributed by atoms with Gasteiger partial charge < -0.3 is 4.90 Å². The van der Waals surface area contributed by atoms with Crippen molar-refractivity contribution in [1.29, 1.82) is 0 Å². The molecule has 0 N–H and O–H groups in total. The third kappa shape index (κ3) is 2.33. The van der Waals surface area contributed by atoms with Gasteiger partial charge in [0.2, 0.25) is 0 Å². The average Bonchev–Trinajstić information content (AvgIpc) is 2.90. The van der Waals surface area contributed by atoms with Gasteiger partial charge in [0.05, 0.1) is 11.4 Å². The molecule has 0 spiro atoms. The molecule has 3 aromatic carbocycles. The maximum Gasteiger partial charge on any atom is 0.0794 e. The average molecular weight is 298 g/mol. The third-order valence-corrected chi connectivity index (χ3v) is 4.24. The van der Waals surface area contributed by atoms with Crippen LogP contribution in [-0.4, -0.2) is 19.8 Å². The van der Waals surface area contributed by atoms with Gasteiger partial charge in [-0.3, -0.25) is 0 Å². The van der Waals surface area contributed by atoms with Crippen LogP contribution in [0.4, 0.5) is 11.4 Å². The molecular formula is C21H18N2. The van der Waals surface area contributed by atoms with Crippen LogP contribution in [0, 0.1) is 0 Å². The van der Waals surface area contributed by atoms with Crippen LogP contribution in [0.3, 0.4) is 0 Å². The van der Waals surface area contributed by atoms with Crippen molar-refractivity contribution in [2.24, 2.45) is 4.99 Å². The lowest BCUT2D eigenvalue weighted by molar-refractivity contribution is 1.13. The molecule has 2 nitrogen and oxygen atoms in total. The largest absolute Gasteiger partial charge is 0.378 e. The van der Waals surface area contributed by atoms with E-state index in [1.54, 1.807) is 0 Å². The van der Waals surface area contributed by atoms with Crippen LogP contribution >= 0.6 is 0 Å². The minimum Gasteiger partial charge on any atom is -0.378 e. The van der Waals surface area contributed by atoms with Gasteiger partial charge in [-0.1, -0.05) is 48.5 Å². The molecule has 0 aromatic heterocycles. The number of benzene rings is 3. The molecule has 0 unspecified atom stereocenters. The summed E-state index contributed by atoms with van der Waals surface area (Å²) < 4.78 is 0. The van der Waals surface area contributed by atoms with Crippen LogP contribution in [0.2, 0.25) is 0 Å². The maximum absolute atomic E-state index is 4.94. The van der Waals surface area contributed by atoms with Crippen molar-refractivity contribution in [1.82, 2.24) is 0 Å². The van der Waals surface area contributed by atoms with Gasteiger partial charge >= 0.3 is 0 Å². The summed E-state index contributed by atoms with van der Waals surface area (Å²) in [4.78, 5) is 7.07. The molecule has 0 bridgehead atoms. The van der Waals surface area contributed by atoms with Crippen molar-refractivity contribution in [3.8, 4) is 11.1 Å². The number of nitrogens with zero attached hydrogens (tertiary/aromatic N) is 2. The summed E-state index contributed by atoms with van der Waals surface area (Å²) in [6.45, 7) is 0. The molecule has 112 valence electrons. The van der Waals surface area contributed by atoms with Crippen LogP contribution in [0.5, 0.6) is 0 Å². The van der Waals surface area contributed by atoms with Crippen molar-refractivity contribution in [2.75, 3.05) is 19.0 Å². The second-order valence-corrected chi connectivity index (χ2v) is 5.97. The fourth-order valence-electron chi connectivity index (χ4n) is 3.06. The Hall–Kier alpha value is -2.87. The molecule has 0 radical (unpaired) electrons. The van der Waals surface area contributed by atoms with Crippen molar-refractivity contribution >= 4 is 17.1 Å². The standard InChI is InChI=1S/C21H18N2/c1-23(2)16-12-13-18-17-10-6-7-11-19(17)21(20(18)14-16)22-15-8-4-3-5-9-15/h3-14H,1-2H3. The molecule has 1 aliphatic rings. The lowest BCUT2D eigenvalue weighted by Gasteiger charge is -2.14. The Morgan fingerprint density at radius 1 is 0.652 bits per heavy atom. The topological polar surface area (TPSA) is 15.6 Å². The Balaban J connectivity index is 1.96. The first-order chi connectivity index (χ1) is 11.2. The van der Waals surface area contributed by atoms with Crippen LogP contribution < -0.4 is 4.90 Å². The van der Waals surface area contributed by atoms with Crippen LogP contribution in [0.15, 0.2) is 77.8 Å². The highest BCUT2D eigenvalue weighted by Crippen LogP contribution is 2.39. The summed E-state index contributed by atoms with van der Waals surface area (Å²) in [5.74, 6) is 0. The minimum absolute atomic E-state index is 0.986. The lowest BCUT2D eigenvalue weighted by Crippen LogP contribution is -2.09. The molecule has 0 fully saturated rings. The Morgan fingerprint density at radius 2 is 1.30 bits per heavy atom. The maximum atomic E-state index is 4.94. The molecule has 23 heavy (non-hydrogen) atoms. The summed E-state index contributed by atoms with van der Waals surface area (Å²) in [7, 11) is 4.13. The SMILES string of the molecule is CN(C)c1ccc2c(c1)C(=Nc1ccccc1)c1ccccc1-2. The monoisotopic (exact) mass is 298 g/mol. The summed E-state index contributed by atoms with van der Waals surface area (Å²) in [6.07, 6.45) is 0. The van der Waals surface area contributed by atoms with Gasteiger partial charge in [0.1, 0.15) is 0 Å². The van der Waals surface area contributed by atoms with Crippen LogP contribution in [0.1, 0.15) is 11.1 Å². The zero-order valence-corrected chi connectivity index (χ0v) is 13.3. The van der Waals surface area contributed by atoms with E-state index in [1.807, 2.05) is 30.3 Å². The fraction of sp³-hybridized carbons (Fsp3) is 0.0952. The molecule has 0 aliphatic heterocycles. The van der Waals surface area contributed by atoms with E-state index in [2.05, 4.69) is 61.5 Å². The summed E-state index contributed by atoms with van der Waals surface area (Å²) in [5.41, 5.74) is 8.19. The minimum atomic E-state index is 0.986. The Labute approximate surface area is 136 Å². The zero-order chi connectivity index (χ0) is 15.8. The first kappa shape index (κ1) is 13.8. The first-order valence-corrected chi connectivity index (χ1v) is 7.79. The van der Waals surface area contributed by atoms with E-state index in [0.717, 1.165) is 11.4 Å². The van der Waals surface area contributed by atoms with E-state index in [4.69, 9.17) is 4.99 Å². The van der Waals surface area contributed by atoms with Crippen molar-refractivity contribution in [3.05, 3.63) is 83.9 Å². The molecule has 0 atom stereocenters. The number of rotatable bonds is 2. The van der Waals surface area contributed by atoms with Crippen molar-refractivity contribution in [2.45, 2.75) is 0 Å². The molecule has 3 aromatic rings. The van der Waals surface area contributed by atoms with Gasteiger partial charge in [0, 0.05) is 30.9 Å². The zero-order valence-electron chi connectivity index (χ0n) is 13.3. The number of anilines is 1. The van der Waals surface area contributed by atoms with Crippen molar-refractivity contribution in [3.63, 3.8) is 0 Å². The molecule has 0 amide bonds. The van der Waals surface area contributed by atoms with Gasteiger partial charge in [-0.25, -0.2) is 4.99 Å². The van der Waals surface area contributed by atoms with Gasteiger partial charge in [-0.2, -0.15) is 0 Å². The van der Waals surface area contributed by atoms with Gasteiger partial charge in [0.25, 0.3) is 0 Å². The highest BCUT2D eigenvalue weighted by atomic mass is 15.1. The number of hydrogen-bond donors (Lipinski definition) is 0. The normalized spacial score (nSPS) is 13.7. The van der Waals surface area contributed by atoms with E-state index < -0.39 is 0 Å². The van der Waals surface area contributed by atoms with E-state index in [-0.39, 0.29) is 0 Å². The van der Waals surface area contributed by atoms with Gasteiger partial charge in [0.15, 0.2) is 0 Å². The van der Waals surface area contributed by atoms with Crippen LogP contribution in [-0.2, 0) is 0 Å². The Morgan fingerprint density at radius 3 is 2.04 bits per heavy atom. The van der Waals surface area contributed by atoms with Gasteiger partial charge in [-0.05, 0) is 35.4 Å². The van der Waals surface area contributed by atoms with E-state index >= 15 is 0 Å². The van der Waals surface area contributed by atoms with Crippen molar-refractivity contribution < 1.29 is 0 Å². The number of para-hydroxylation sites is 1. The number of fused-ring (bicyclic) bond motifs is 3. The van der Waals surface area contributed by atoms with Gasteiger partial charge in [-0.15, -0.1) is 0 Å². The fourth-order valence-corrected chi connectivity index (χ4v) is 3.06. The highest BCUT2D eigenvalue weighted by molar-refractivity contribution is 6.25. The summed E-state index contributed by atoms with van der Waals surface area (Å²) >= 11 is 0. The smallest absolute Gasteiger partial charge is 0.0794 e. The first-order valence-electron chi connectivity index (χ1n) is 7.79. The molecule has 0 saturated carbocycles. The molecule has 4 rings (SSSR count). The number of hydrogen-bond acceptors (Lipinski definition) is 2. The van der Waals surface area contributed by atoms with E-state index in [0.29, 0.717) is 0 Å². The number of aliphatic imine (C=N–C) groups is 1. The predicted molar refractivity (Wildman–Crippen MR) is 97.9 cm³/mol. The van der Waals surface area contributed by atoms with E-state index in [1.165, 1.54) is 27.9 Å².